The fraction of sp³-hybridized carbons (Fsp3) is 0.409. The van der Waals surface area contributed by atoms with Crippen molar-refractivity contribution < 1.29 is 0 Å². The molecule has 3 aliphatic rings. The number of guanidine groups is 1. The molecule has 0 amide bonds. The average molecular weight is 374 g/mol. The van der Waals surface area contributed by atoms with Crippen LogP contribution in [0.5, 0.6) is 0 Å². The van der Waals surface area contributed by atoms with E-state index in [1.807, 2.05) is 37.4 Å². The minimum Gasteiger partial charge on any atom is -0.326 e. The van der Waals surface area contributed by atoms with Gasteiger partial charge in [0.05, 0.1) is 0 Å². The third kappa shape index (κ3) is 3.40. The highest BCUT2D eigenvalue weighted by atomic mass is 15.5. The first-order valence-electron chi connectivity index (χ1n) is 10.1. The number of anilines is 1. The Morgan fingerprint density at radius 1 is 1.00 bits per heavy atom. The largest absolute Gasteiger partial charge is 0.326 e. The van der Waals surface area contributed by atoms with Gasteiger partial charge in [0.1, 0.15) is 0 Å². The summed E-state index contributed by atoms with van der Waals surface area (Å²) in [6.07, 6.45) is 8.84. The van der Waals surface area contributed by atoms with E-state index in [0.717, 1.165) is 34.9 Å². The van der Waals surface area contributed by atoms with Crippen LogP contribution in [0.15, 0.2) is 64.8 Å². The molecule has 0 radical (unpaired) electrons. The van der Waals surface area contributed by atoms with Gasteiger partial charge in [-0.3, -0.25) is 10.3 Å². The van der Waals surface area contributed by atoms with Crippen LogP contribution in [0.25, 0.3) is 0 Å². The summed E-state index contributed by atoms with van der Waals surface area (Å²) >= 11 is 0. The molecule has 1 aliphatic heterocycles. The molecule has 2 saturated carbocycles. The van der Waals surface area contributed by atoms with Crippen LogP contribution >= 0.6 is 0 Å². The number of rotatable bonds is 4. The van der Waals surface area contributed by atoms with Crippen molar-refractivity contribution in [1.82, 2.24) is 15.2 Å². The fourth-order valence-electron chi connectivity index (χ4n) is 4.72. The highest BCUT2D eigenvalue weighted by molar-refractivity contribution is 6.10. The number of aliphatic imine (C=N–C) groups is 2. The Kier molecular flexibility index (Phi) is 4.56. The molecule has 2 bridgehead atoms. The minimum atomic E-state index is -0.124. The lowest BCUT2D eigenvalue weighted by Gasteiger charge is -2.36. The highest BCUT2D eigenvalue weighted by Crippen LogP contribution is 2.44. The number of hydrogen-bond acceptors (Lipinski definition) is 6. The Bertz CT molecular complexity index is 878. The summed E-state index contributed by atoms with van der Waals surface area (Å²) in [6.45, 7) is 0. The first-order valence-corrected chi connectivity index (χ1v) is 10.1. The molecule has 2 heterocycles. The van der Waals surface area contributed by atoms with Crippen molar-refractivity contribution in [3.63, 3.8) is 0 Å². The first kappa shape index (κ1) is 17.4. The Morgan fingerprint density at radius 3 is 2.54 bits per heavy atom. The predicted molar refractivity (Wildman–Crippen MR) is 112 cm³/mol. The molecule has 2 N–H and O–H groups in total. The minimum absolute atomic E-state index is 0.124. The third-order valence-corrected chi connectivity index (χ3v) is 6.23. The van der Waals surface area contributed by atoms with E-state index in [1.165, 1.54) is 25.7 Å². The van der Waals surface area contributed by atoms with Gasteiger partial charge < -0.3 is 10.2 Å². The van der Waals surface area contributed by atoms with Crippen molar-refractivity contribution in [2.45, 2.75) is 38.0 Å². The van der Waals surface area contributed by atoms with Gasteiger partial charge in [-0.25, -0.2) is 4.99 Å². The third-order valence-electron chi connectivity index (χ3n) is 6.23. The zero-order valence-electron chi connectivity index (χ0n) is 16.1. The van der Waals surface area contributed by atoms with Crippen LogP contribution in [-0.2, 0) is 0 Å². The summed E-state index contributed by atoms with van der Waals surface area (Å²) in [4.78, 5) is 16.0. The molecule has 2 fully saturated rings. The average Bonchev–Trinajstić information content (AvgIpc) is 3.35. The van der Waals surface area contributed by atoms with Gasteiger partial charge in [-0.05, 0) is 43.2 Å². The standard InChI is InChI=1S/C22H26N6/c1-28-21(24-18-9-11-23-12-10-18)26-20(16-5-3-2-4-6-16)27-22(28)25-19-14-15-7-8-17(19)13-15/h2-6,9-12,15,17,19,22,25H,7-8,13-14H2,1H3,(H,23,24,26,27)/t15-,17+,19-,22?/m1/s1. The van der Waals surface area contributed by atoms with Gasteiger partial charge in [0.2, 0.25) is 5.96 Å². The van der Waals surface area contributed by atoms with Crippen LogP contribution in [0, 0.1) is 11.8 Å². The molecular formula is C22H26N6. The van der Waals surface area contributed by atoms with Crippen molar-refractivity contribution in [3.8, 4) is 0 Å². The molecule has 5 rings (SSSR count). The van der Waals surface area contributed by atoms with Gasteiger partial charge in [0, 0.05) is 36.7 Å². The number of pyridine rings is 1. The molecule has 1 aromatic heterocycles. The van der Waals surface area contributed by atoms with Crippen molar-refractivity contribution in [3.05, 3.63) is 60.4 Å². The van der Waals surface area contributed by atoms with E-state index in [1.54, 1.807) is 12.4 Å². The lowest BCUT2D eigenvalue weighted by Crippen LogP contribution is -2.54. The molecule has 144 valence electrons. The van der Waals surface area contributed by atoms with E-state index < -0.39 is 0 Å². The Hall–Kier alpha value is -2.73. The summed E-state index contributed by atoms with van der Waals surface area (Å²) in [5, 5.41) is 7.25. The second-order valence-electron chi connectivity index (χ2n) is 8.05. The van der Waals surface area contributed by atoms with E-state index in [-0.39, 0.29) is 6.29 Å². The Labute approximate surface area is 165 Å². The maximum atomic E-state index is 4.96. The predicted octanol–water partition coefficient (Wildman–Crippen LogP) is 3.30. The van der Waals surface area contributed by atoms with Crippen molar-refractivity contribution in [2.75, 3.05) is 12.4 Å². The molecule has 6 nitrogen and oxygen atoms in total. The number of fused-ring (bicyclic) bond motifs is 2. The van der Waals surface area contributed by atoms with Gasteiger partial charge in [-0.15, -0.1) is 0 Å². The van der Waals surface area contributed by atoms with E-state index >= 15 is 0 Å². The molecule has 6 heteroatoms. The highest BCUT2D eigenvalue weighted by Gasteiger charge is 2.41. The molecule has 1 aromatic carbocycles. The molecule has 0 spiro atoms. The molecule has 1 unspecified atom stereocenters. The Balaban J connectivity index is 1.43. The van der Waals surface area contributed by atoms with E-state index in [0.29, 0.717) is 6.04 Å². The van der Waals surface area contributed by atoms with Crippen molar-refractivity contribution >= 4 is 17.5 Å². The SMILES string of the molecule is CN1C(Nc2ccncc2)=NC(c2ccccc2)=NC1N[C@@H]1C[C@@H]2CC[C@H]1C2. The normalized spacial score (nSPS) is 28.8. The monoisotopic (exact) mass is 374 g/mol. The van der Waals surface area contributed by atoms with Crippen LogP contribution in [0.3, 0.4) is 0 Å². The van der Waals surface area contributed by atoms with Crippen LogP contribution in [-0.4, -0.2) is 41.1 Å². The van der Waals surface area contributed by atoms with Crippen LogP contribution in [0.4, 0.5) is 5.69 Å². The van der Waals surface area contributed by atoms with Gasteiger partial charge >= 0.3 is 0 Å². The maximum Gasteiger partial charge on any atom is 0.207 e. The van der Waals surface area contributed by atoms with Crippen LogP contribution < -0.4 is 10.6 Å². The van der Waals surface area contributed by atoms with Crippen molar-refractivity contribution in [2.24, 2.45) is 21.8 Å². The molecule has 2 aromatic rings. The van der Waals surface area contributed by atoms with E-state index in [4.69, 9.17) is 9.98 Å². The van der Waals surface area contributed by atoms with Gasteiger partial charge in [0.15, 0.2) is 12.1 Å². The fourth-order valence-corrected chi connectivity index (χ4v) is 4.72. The lowest BCUT2D eigenvalue weighted by molar-refractivity contribution is 0.238. The summed E-state index contributed by atoms with van der Waals surface area (Å²) < 4.78 is 0. The summed E-state index contributed by atoms with van der Waals surface area (Å²) in [6, 6.07) is 14.6. The molecular weight excluding hydrogens is 348 g/mol. The maximum absolute atomic E-state index is 4.96. The quantitative estimate of drug-likeness (QED) is 0.862. The number of nitrogens with zero attached hydrogens (tertiary/aromatic N) is 4. The molecule has 0 saturated heterocycles. The Morgan fingerprint density at radius 2 is 1.82 bits per heavy atom. The summed E-state index contributed by atoms with van der Waals surface area (Å²) in [7, 11) is 2.04. The zero-order chi connectivity index (χ0) is 18.9. The van der Waals surface area contributed by atoms with Gasteiger partial charge in [-0.2, -0.15) is 4.99 Å². The van der Waals surface area contributed by atoms with E-state index in [2.05, 4.69) is 32.7 Å². The second kappa shape index (κ2) is 7.36. The number of aromatic nitrogens is 1. The van der Waals surface area contributed by atoms with Gasteiger partial charge in [0.25, 0.3) is 0 Å². The topological polar surface area (TPSA) is 64.9 Å². The van der Waals surface area contributed by atoms with E-state index in [9.17, 15) is 0 Å². The van der Waals surface area contributed by atoms with Crippen molar-refractivity contribution in [1.29, 1.82) is 0 Å². The zero-order valence-corrected chi connectivity index (χ0v) is 16.1. The molecule has 28 heavy (non-hydrogen) atoms. The van der Waals surface area contributed by atoms with Crippen LogP contribution in [0.1, 0.15) is 31.2 Å². The number of benzene rings is 1. The number of amidine groups is 1. The molecule has 4 atom stereocenters. The number of hydrogen-bond donors (Lipinski definition) is 2. The molecule has 2 aliphatic carbocycles. The lowest BCUT2D eigenvalue weighted by atomic mass is 9.95. The van der Waals surface area contributed by atoms with Gasteiger partial charge in [-0.1, -0.05) is 36.8 Å². The summed E-state index contributed by atoms with van der Waals surface area (Å²) in [5.74, 6) is 3.25. The smallest absolute Gasteiger partial charge is 0.207 e. The first-order chi connectivity index (χ1) is 13.8. The van der Waals surface area contributed by atoms with Crippen LogP contribution in [0.2, 0.25) is 0 Å². The summed E-state index contributed by atoms with van der Waals surface area (Å²) in [5.41, 5.74) is 2.00. The number of nitrogens with one attached hydrogen (secondary N) is 2. The second-order valence-corrected chi connectivity index (χ2v) is 8.05.